The van der Waals surface area contributed by atoms with Crippen LogP contribution in [0.4, 0.5) is 4.79 Å². The average Bonchev–Trinajstić information content (AvgIpc) is 3.24. The number of carbonyl (C=O) groups is 3. The van der Waals surface area contributed by atoms with Crippen LogP contribution in [0, 0.1) is 13.8 Å². The first-order valence-electron chi connectivity index (χ1n) is 10.4. The number of amides is 2. The Morgan fingerprint density at radius 1 is 1.10 bits per heavy atom. The minimum absolute atomic E-state index is 0.120. The molecule has 0 aromatic heterocycles. The Labute approximate surface area is 182 Å². The van der Waals surface area contributed by atoms with Crippen LogP contribution in [0.3, 0.4) is 0 Å². The highest BCUT2D eigenvalue weighted by atomic mass is 16.6. The molecule has 3 rings (SSSR count). The zero-order valence-electron chi connectivity index (χ0n) is 17.8. The van der Waals surface area contributed by atoms with Crippen LogP contribution in [-0.2, 0) is 27.4 Å². The van der Waals surface area contributed by atoms with Gasteiger partial charge < -0.3 is 15.2 Å². The highest BCUT2D eigenvalue weighted by Crippen LogP contribution is 2.20. The Morgan fingerprint density at radius 3 is 2.42 bits per heavy atom. The van der Waals surface area contributed by atoms with E-state index in [2.05, 4.69) is 5.32 Å². The van der Waals surface area contributed by atoms with Crippen molar-refractivity contribution < 1.29 is 24.2 Å². The summed E-state index contributed by atoms with van der Waals surface area (Å²) in [5.74, 6) is -1.57. The summed E-state index contributed by atoms with van der Waals surface area (Å²) in [6, 6.07) is 13.3. The molecule has 2 N–H and O–H groups in total. The monoisotopic (exact) mass is 424 g/mol. The van der Waals surface area contributed by atoms with Gasteiger partial charge in [0, 0.05) is 13.0 Å². The summed E-state index contributed by atoms with van der Waals surface area (Å²) in [5, 5.41) is 12.3. The van der Waals surface area contributed by atoms with Gasteiger partial charge >= 0.3 is 12.1 Å². The third-order valence-electron chi connectivity index (χ3n) is 5.66. The Balaban J connectivity index is 1.64. The first-order valence-corrected chi connectivity index (χ1v) is 10.4. The van der Waals surface area contributed by atoms with Gasteiger partial charge in [0.25, 0.3) is 0 Å². The molecule has 31 heavy (non-hydrogen) atoms. The highest BCUT2D eigenvalue weighted by molar-refractivity contribution is 5.89. The van der Waals surface area contributed by atoms with Gasteiger partial charge in [0.15, 0.2) is 0 Å². The molecular weight excluding hydrogens is 396 g/mol. The molecule has 1 heterocycles. The van der Waals surface area contributed by atoms with E-state index in [0.717, 1.165) is 22.3 Å². The van der Waals surface area contributed by atoms with Crippen molar-refractivity contribution in [1.29, 1.82) is 0 Å². The second kappa shape index (κ2) is 10.1. The van der Waals surface area contributed by atoms with Crippen LogP contribution in [0.2, 0.25) is 0 Å². The number of hydrogen-bond acceptors (Lipinski definition) is 4. The standard InChI is InChI=1S/C24H28N2O5/c1-16-8-6-9-17(2)19(16)14-20(23(28)29)25-22(27)21-12-7-13-26(21)24(30)31-15-18-10-4-3-5-11-18/h3-6,8-11,20-21H,7,12-15H2,1-2H3,(H,25,27)(H,28,29)/t20-,21+/m0/s1. The van der Waals surface area contributed by atoms with E-state index in [0.29, 0.717) is 19.4 Å². The molecule has 1 aliphatic rings. The lowest BCUT2D eigenvalue weighted by Gasteiger charge is -2.25. The predicted octanol–water partition coefficient (Wildman–Crippen LogP) is 3.22. The Kier molecular flexibility index (Phi) is 7.28. The Morgan fingerprint density at radius 2 is 1.77 bits per heavy atom. The molecule has 0 unspecified atom stereocenters. The SMILES string of the molecule is Cc1cccc(C)c1C[C@H](NC(=O)[C@H]1CCCN1C(=O)OCc1ccccc1)C(=O)O. The lowest BCUT2D eigenvalue weighted by molar-refractivity contribution is -0.142. The number of aryl methyl sites for hydroxylation is 2. The number of aliphatic carboxylic acids is 1. The summed E-state index contributed by atoms with van der Waals surface area (Å²) < 4.78 is 5.36. The molecule has 164 valence electrons. The molecule has 0 bridgehead atoms. The van der Waals surface area contributed by atoms with E-state index in [4.69, 9.17) is 4.74 Å². The zero-order chi connectivity index (χ0) is 22.4. The number of carbonyl (C=O) groups excluding carboxylic acids is 2. The van der Waals surface area contributed by atoms with Gasteiger partial charge in [-0.05, 0) is 48.9 Å². The van der Waals surface area contributed by atoms with Crippen LogP contribution in [0.25, 0.3) is 0 Å². The molecule has 0 aliphatic carbocycles. The van der Waals surface area contributed by atoms with Gasteiger partial charge in [0.05, 0.1) is 0 Å². The van der Waals surface area contributed by atoms with Crippen molar-refractivity contribution in [3.8, 4) is 0 Å². The van der Waals surface area contributed by atoms with Crippen molar-refractivity contribution in [2.45, 2.75) is 51.8 Å². The molecule has 2 atom stereocenters. The lowest BCUT2D eigenvalue weighted by atomic mass is 9.96. The average molecular weight is 424 g/mol. The number of benzene rings is 2. The van der Waals surface area contributed by atoms with Crippen molar-refractivity contribution in [3.05, 3.63) is 70.8 Å². The summed E-state index contributed by atoms with van der Waals surface area (Å²) in [7, 11) is 0. The normalized spacial score (nSPS) is 16.6. The summed E-state index contributed by atoms with van der Waals surface area (Å²) in [4.78, 5) is 38.6. The van der Waals surface area contributed by atoms with Crippen molar-refractivity contribution >= 4 is 18.0 Å². The van der Waals surface area contributed by atoms with Gasteiger partial charge in [0.2, 0.25) is 5.91 Å². The second-order valence-electron chi connectivity index (χ2n) is 7.87. The van der Waals surface area contributed by atoms with Crippen molar-refractivity contribution in [2.75, 3.05) is 6.54 Å². The van der Waals surface area contributed by atoms with E-state index in [1.54, 1.807) is 0 Å². The fourth-order valence-electron chi connectivity index (χ4n) is 3.90. The smallest absolute Gasteiger partial charge is 0.410 e. The van der Waals surface area contributed by atoms with Crippen LogP contribution in [0.15, 0.2) is 48.5 Å². The van der Waals surface area contributed by atoms with Crippen molar-refractivity contribution in [1.82, 2.24) is 10.2 Å². The van der Waals surface area contributed by atoms with Crippen LogP contribution in [0.5, 0.6) is 0 Å². The molecule has 0 radical (unpaired) electrons. The number of nitrogens with one attached hydrogen (secondary N) is 1. The van der Waals surface area contributed by atoms with Gasteiger partial charge in [-0.3, -0.25) is 9.69 Å². The molecule has 1 saturated heterocycles. The largest absolute Gasteiger partial charge is 0.480 e. The maximum absolute atomic E-state index is 12.9. The third kappa shape index (κ3) is 5.63. The molecule has 2 aromatic carbocycles. The molecule has 0 saturated carbocycles. The second-order valence-corrected chi connectivity index (χ2v) is 7.87. The minimum atomic E-state index is -1.10. The van der Waals surface area contributed by atoms with Crippen LogP contribution in [0.1, 0.15) is 35.1 Å². The molecular formula is C24H28N2O5. The number of carboxylic acids is 1. The fraction of sp³-hybridized carbons (Fsp3) is 0.375. The summed E-state index contributed by atoms with van der Waals surface area (Å²) >= 11 is 0. The summed E-state index contributed by atoms with van der Waals surface area (Å²) in [6.45, 7) is 4.37. The Hall–Kier alpha value is -3.35. The zero-order valence-corrected chi connectivity index (χ0v) is 17.8. The van der Waals surface area contributed by atoms with E-state index < -0.39 is 30.1 Å². The van der Waals surface area contributed by atoms with E-state index >= 15 is 0 Å². The molecule has 0 spiro atoms. The Bertz CT molecular complexity index is 924. The number of hydrogen-bond donors (Lipinski definition) is 2. The molecule has 1 fully saturated rings. The van der Waals surface area contributed by atoms with Gasteiger partial charge in [-0.25, -0.2) is 9.59 Å². The number of carboxylic acid groups (broad SMARTS) is 1. The van der Waals surface area contributed by atoms with E-state index in [1.807, 2.05) is 62.4 Å². The fourth-order valence-corrected chi connectivity index (χ4v) is 3.90. The maximum Gasteiger partial charge on any atom is 0.410 e. The summed E-state index contributed by atoms with van der Waals surface area (Å²) in [6.07, 6.45) is 0.753. The van der Waals surface area contributed by atoms with E-state index in [1.165, 1.54) is 4.90 Å². The van der Waals surface area contributed by atoms with Gasteiger partial charge in [0.1, 0.15) is 18.7 Å². The lowest BCUT2D eigenvalue weighted by Crippen LogP contribution is -2.51. The van der Waals surface area contributed by atoms with E-state index in [9.17, 15) is 19.5 Å². The third-order valence-corrected chi connectivity index (χ3v) is 5.66. The van der Waals surface area contributed by atoms with E-state index in [-0.39, 0.29) is 13.0 Å². The molecule has 7 heteroatoms. The first kappa shape index (κ1) is 22.3. The minimum Gasteiger partial charge on any atom is -0.480 e. The maximum atomic E-state index is 12.9. The summed E-state index contributed by atoms with van der Waals surface area (Å²) in [5.41, 5.74) is 3.72. The molecule has 7 nitrogen and oxygen atoms in total. The van der Waals surface area contributed by atoms with Crippen LogP contribution < -0.4 is 5.32 Å². The van der Waals surface area contributed by atoms with Crippen molar-refractivity contribution in [3.63, 3.8) is 0 Å². The molecule has 1 aliphatic heterocycles. The van der Waals surface area contributed by atoms with Crippen LogP contribution >= 0.6 is 0 Å². The van der Waals surface area contributed by atoms with Gasteiger partial charge in [-0.15, -0.1) is 0 Å². The van der Waals surface area contributed by atoms with Crippen molar-refractivity contribution in [2.24, 2.45) is 0 Å². The predicted molar refractivity (Wildman–Crippen MR) is 116 cm³/mol. The highest BCUT2D eigenvalue weighted by Gasteiger charge is 2.37. The first-order chi connectivity index (χ1) is 14.9. The molecule has 2 amide bonds. The topological polar surface area (TPSA) is 95.9 Å². The number of nitrogens with zero attached hydrogens (tertiary/aromatic N) is 1. The molecule has 2 aromatic rings. The van der Waals surface area contributed by atoms with Gasteiger partial charge in [-0.2, -0.15) is 0 Å². The quantitative estimate of drug-likeness (QED) is 0.712. The number of likely N-dealkylation sites (tertiary alicyclic amines) is 1. The number of rotatable bonds is 7. The van der Waals surface area contributed by atoms with Crippen LogP contribution in [-0.4, -0.2) is 46.6 Å². The van der Waals surface area contributed by atoms with Gasteiger partial charge in [-0.1, -0.05) is 48.5 Å². The number of ether oxygens (including phenoxy) is 1.